The molecule has 0 radical (unpaired) electrons. The molecule has 1 aliphatic heterocycles. The van der Waals surface area contributed by atoms with E-state index < -0.39 is 0 Å². The highest BCUT2D eigenvalue weighted by Gasteiger charge is 2.14. The van der Waals surface area contributed by atoms with Gasteiger partial charge in [0.2, 0.25) is 0 Å². The highest BCUT2D eigenvalue weighted by Crippen LogP contribution is 2.07. The van der Waals surface area contributed by atoms with E-state index in [2.05, 4.69) is 15.6 Å². The average molecular weight is 210 g/mol. The van der Waals surface area contributed by atoms with Crippen molar-refractivity contribution in [1.82, 2.24) is 20.3 Å². The van der Waals surface area contributed by atoms with Gasteiger partial charge in [0.25, 0.3) is 0 Å². The first kappa shape index (κ1) is 10.6. The largest absolute Gasteiger partial charge is 0.375 e. The molecule has 0 spiro atoms. The van der Waals surface area contributed by atoms with E-state index in [0.29, 0.717) is 12.6 Å². The van der Waals surface area contributed by atoms with Crippen molar-refractivity contribution in [2.45, 2.75) is 39.0 Å². The van der Waals surface area contributed by atoms with Crippen LogP contribution >= 0.6 is 0 Å². The summed E-state index contributed by atoms with van der Waals surface area (Å²) in [6.45, 7) is 5.31. The lowest BCUT2D eigenvalue weighted by atomic mass is 10.2. The predicted molar refractivity (Wildman–Crippen MR) is 56.4 cm³/mol. The maximum absolute atomic E-state index is 5.27. The van der Waals surface area contributed by atoms with Crippen LogP contribution < -0.4 is 5.32 Å². The van der Waals surface area contributed by atoms with Gasteiger partial charge in [-0.3, -0.25) is 4.68 Å². The molecule has 5 heteroatoms. The highest BCUT2D eigenvalue weighted by atomic mass is 16.5. The lowest BCUT2D eigenvalue weighted by molar-refractivity contribution is 0.131. The number of hydrogen-bond donors (Lipinski definition) is 1. The van der Waals surface area contributed by atoms with Crippen molar-refractivity contribution in [2.24, 2.45) is 0 Å². The van der Waals surface area contributed by atoms with Crippen molar-refractivity contribution >= 4 is 0 Å². The Balaban J connectivity index is 1.83. The summed E-state index contributed by atoms with van der Waals surface area (Å²) in [5.74, 6) is 0. The Morgan fingerprint density at radius 1 is 1.67 bits per heavy atom. The lowest BCUT2D eigenvalue weighted by Crippen LogP contribution is -2.26. The molecule has 1 saturated heterocycles. The Bertz CT molecular complexity index is 293. The fourth-order valence-electron chi connectivity index (χ4n) is 1.84. The number of aromatic nitrogens is 3. The first-order valence-corrected chi connectivity index (χ1v) is 5.58. The quantitative estimate of drug-likeness (QED) is 0.772. The molecule has 2 rings (SSSR count). The summed E-state index contributed by atoms with van der Waals surface area (Å²) in [6, 6.07) is 0.562. The molecular formula is C10H18N4O. The Hall–Kier alpha value is -0.940. The van der Waals surface area contributed by atoms with Crippen molar-refractivity contribution in [2.75, 3.05) is 13.2 Å². The highest BCUT2D eigenvalue weighted by molar-refractivity contribution is 4.90. The third-order valence-corrected chi connectivity index (χ3v) is 2.61. The summed E-state index contributed by atoms with van der Waals surface area (Å²) in [5.41, 5.74) is 0.912. The van der Waals surface area contributed by atoms with Crippen molar-refractivity contribution in [1.29, 1.82) is 0 Å². The van der Waals surface area contributed by atoms with E-state index in [1.807, 2.05) is 17.8 Å². The van der Waals surface area contributed by atoms with Crippen LogP contribution in [0.4, 0.5) is 0 Å². The first-order chi connectivity index (χ1) is 7.38. The average Bonchev–Trinajstić information content (AvgIpc) is 2.87. The van der Waals surface area contributed by atoms with Gasteiger partial charge in [-0.2, -0.15) is 0 Å². The zero-order valence-corrected chi connectivity index (χ0v) is 9.15. The second kappa shape index (κ2) is 5.23. The van der Waals surface area contributed by atoms with Crippen LogP contribution in [0.1, 0.15) is 25.5 Å². The van der Waals surface area contributed by atoms with Gasteiger partial charge < -0.3 is 10.1 Å². The molecule has 0 saturated carbocycles. The smallest absolute Gasteiger partial charge is 0.108 e. The molecule has 0 aromatic carbocycles. The first-order valence-electron chi connectivity index (χ1n) is 5.58. The topological polar surface area (TPSA) is 52.0 Å². The predicted octanol–water partition coefficient (Wildman–Crippen LogP) is 0.567. The normalized spacial score (nSPS) is 21.0. The second-order valence-electron chi connectivity index (χ2n) is 3.86. The van der Waals surface area contributed by atoms with E-state index in [-0.39, 0.29) is 0 Å². The van der Waals surface area contributed by atoms with Crippen LogP contribution in [-0.2, 0) is 17.9 Å². The van der Waals surface area contributed by atoms with Crippen molar-refractivity contribution in [3.05, 3.63) is 11.9 Å². The molecule has 84 valence electrons. The zero-order valence-electron chi connectivity index (χ0n) is 9.15. The van der Waals surface area contributed by atoms with E-state index in [1.54, 1.807) is 0 Å². The van der Waals surface area contributed by atoms with Crippen LogP contribution in [-0.4, -0.2) is 34.2 Å². The molecule has 5 nitrogen and oxygen atoms in total. The van der Waals surface area contributed by atoms with Crippen LogP contribution in [0.5, 0.6) is 0 Å². The van der Waals surface area contributed by atoms with Crippen molar-refractivity contribution in [3.63, 3.8) is 0 Å². The molecule has 1 aromatic heterocycles. The molecule has 1 atom stereocenters. The number of nitrogens with zero attached hydrogens (tertiary/aromatic N) is 3. The monoisotopic (exact) mass is 210 g/mol. The summed E-state index contributed by atoms with van der Waals surface area (Å²) >= 11 is 0. The summed E-state index contributed by atoms with van der Waals surface area (Å²) in [6.07, 6.45) is 4.47. The molecule has 1 aromatic rings. The molecule has 15 heavy (non-hydrogen) atoms. The van der Waals surface area contributed by atoms with Gasteiger partial charge in [-0.25, -0.2) is 0 Å². The fourth-order valence-corrected chi connectivity index (χ4v) is 1.84. The van der Waals surface area contributed by atoms with Crippen LogP contribution in [0.2, 0.25) is 0 Å². The fraction of sp³-hybridized carbons (Fsp3) is 0.800. The standard InChI is InChI=1S/C10H18N4O/c1-2-15-8-10-7-14(13-12-10)6-9-4-3-5-11-9/h7,9,11H,2-6,8H2,1H3. The molecule has 2 heterocycles. The zero-order chi connectivity index (χ0) is 10.5. The number of nitrogens with one attached hydrogen (secondary N) is 1. The molecular weight excluding hydrogens is 192 g/mol. The maximum Gasteiger partial charge on any atom is 0.108 e. The van der Waals surface area contributed by atoms with Gasteiger partial charge in [-0.1, -0.05) is 5.21 Å². The Labute approximate surface area is 89.8 Å². The van der Waals surface area contributed by atoms with Crippen molar-refractivity contribution < 1.29 is 4.74 Å². The number of hydrogen-bond acceptors (Lipinski definition) is 4. The minimum Gasteiger partial charge on any atom is -0.375 e. The Morgan fingerprint density at radius 2 is 2.60 bits per heavy atom. The SMILES string of the molecule is CCOCc1cn(CC2CCCN2)nn1. The minimum atomic E-state index is 0.562. The van der Waals surface area contributed by atoms with Crippen molar-refractivity contribution in [3.8, 4) is 0 Å². The number of ether oxygens (including phenoxy) is 1. The third-order valence-electron chi connectivity index (χ3n) is 2.61. The van der Waals surface area contributed by atoms with E-state index >= 15 is 0 Å². The van der Waals surface area contributed by atoms with Gasteiger partial charge in [0, 0.05) is 12.6 Å². The van der Waals surface area contributed by atoms with Gasteiger partial charge in [0.05, 0.1) is 19.3 Å². The van der Waals surface area contributed by atoms with E-state index in [1.165, 1.54) is 12.8 Å². The van der Waals surface area contributed by atoms with E-state index in [9.17, 15) is 0 Å². The van der Waals surface area contributed by atoms with Gasteiger partial charge in [-0.05, 0) is 26.3 Å². The summed E-state index contributed by atoms with van der Waals surface area (Å²) in [7, 11) is 0. The van der Waals surface area contributed by atoms with Crippen LogP contribution in [0.25, 0.3) is 0 Å². The molecule has 1 aliphatic rings. The van der Waals surface area contributed by atoms with Gasteiger partial charge in [-0.15, -0.1) is 5.10 Å². The summed E-state index contributed by atoms with van der Waals surface area (Å²) < 4.78 is 7.17. The molecule has 0 aliphatic carbocycles. The van der Waals surface area contributed by atoms with Crippen LogP contribution in [0, 0.1) is 0 Å². The third kappa shape index (κ3) is 3.00. The molecule has 1 fully saturated rings. The Kier molecular flexibility index (Phi) is 3.69. The Morgan fingerprint density at radius 3 is 3.33 bits per heavy atom. The van der Waals surface area contributed by atoms with E-state index in [0.717, 1.165) is 25.4 Å². The summed E-state index contributed by atoms with van der Waals surface area (Å²) in [5, 5.41) is 11.6. The lowest BCUT2D eigenvalue weighted by Gasteiger charge is -2.08. The summed E-state index contributed by atoms with van der Waals surface area (Å²) in [4.78, 5) is 0. The molecule has 0 amide bonds. The van der Waals surface area contributed by atoms with Crippen LogP contribution in [0.15, 0.2) is 6.20 Å². The maximum atomic E-state index is 5.27. The van der Waals surface area contributed by atoms with Gasteiger partial charge in [0.1, 0.15) is 5.69 Å². The molecule has 1 unspecified atom stereocenters. The molecule has 0 bridgehead atoms. The van der Waals surface area contributed by atoms with Gasteiger partial charge in [0.15, 0.2) is 0 Å². The van der Waals surface area contributed by atoms with Crippen LogP contribution in [0.3, 0.4) is 0 Å². The number of rotatable bonds is 5. The minimum absolute atomic E-state index is 0.562. The second-order valence-corrected chi connectivity index (χ2v) is 3.86. The molecule has 1 N–H and O–H groups in total. The van der Waals surface area contributed by atoms with Gasteiger partial charge >= 0.3 is 0 Å². The van der Waals surface area contributed by atoms with E-state index in [4.69, 9.17) is 4.74 Å².